The Bertz CT molecular complexity index is 916. The second kappa shape index (κ2) is 7.75. The van der Waals surface area contributed by atoms with E-state index in [1.807, 2.05) is 42.5 Å². The Labute approximate surface area is 158 Å². The molecular formula is C21H21ClN2O2. The third-order valence-electron chi connectivity index (χ3n) is 4.57. The number of carbonyl (C=O) groups excluding carboxylic acids is 1. The number of amides is 1. The van der Waals surface area contributed by atoms with E-state index in [0.717, 1.165) is 12.1 Å². The van der Waals surface area contributed by atoms with Gasteiger partial charge in [0.25, 0.3) is 5.91 Å². The van der Waals surface area contributed by atoms with Crippen LogP contribution < -0.4 is 5.32 Å². The molecule has 4 nitrogen and oxygen atoms in total. The summed E-state index contributed by atoms with van der Waals surface area (Å²) in [5, 5.41) is 7.48. The van der Waals surface area contributed by atoms with Crippen LogP contribution in [0.1, 0.15) is 47.9 Å². The van der Waals surface area contributed by atoms with Crippen LogP contribution in [0, 0.1) is 6.92 Å². The molecule has 134 valence electrons. The summed E-state index contributed by atoms with van der Waals surface area (Å²) in [6, 6.07) is 15.2. The van der Waals surface area contributed by atoms with Crippen molar-refractivity contribution >= 4 is 23.2 Å². The summed E-state index contributed by atoms with van der Waals surface area (Å²) >= 11 is 6.25. The average molecular weight is 369 g/mol. The molecule has 2 aromatic carbocycles. The lowest BCUT2D eigenvalue weighted by molar-refractivity contribution is 0.102. The van der Waals surface area contributed by atoms with Crippen molar-refractivity contribution in [3.05, 3.63) is 70.4 Å². The minimum atomic E-state index is -0.269. The number of nitrogens with one attached hydrogen (secondary N) is 1. The molecule has 3 aromatic rings. The van der Waals surface area contributed by atoms with Crippen LogP contribution in [-0.4, -0.2) is 11.1 Å². The average Bonchev–Trinajstić information content (AvgIpc) is 3.03. The van der Waals surface area contributed by atoms with Gasteiger partial charge in [-0.3, -0.25) is 4.79 Å². The molecule has 1 aromatic heterocycles. The normalized spacial score (nSPS) is 12.0. The van der Waals surface area contributed by atoms with Gasteiger partial charge in [0.05, 0.1) is 5.02 Å². The first kappa shape index (κ1) is 18.2. The van der Waals surface area contributed by atoms with E-state index in [4.69, 9.17) is 16.1 Å². The molecule has 0 spiro atoms. The fourth-order valence-corrected chi connectivity index (χ4v) is 3.03. The van der Waals surface area contributed by atoms with Crippen LogP contribution in [0.3, 0.4) is 0 Å². The summed E-state index contributed by atoms with van der Waals surface area (Å²) in [4.78, 5) is 12.8. The Morgan fingerprint density at radius 1 is 1.19 bits per heavy atom. The maximum absolute atomic E-state index is 12.8. The molecule has 1 heterocycles. The summed E-state index contributed by atoms with van der Waals surface area (Å²) in [6.07, 6.45) is 1.08. The van der Waals surface area contributed by atoms with E-state index in [9.17, 15) is 4.79 Å². The number of anilines is 1. The van der Waals surface area contributed by atoms with Gasteiger partial charge in [0.2, 0.25) is 0 Å². The lowest BCUT2D eigenvalue weighted by Crippen LogP contribution is -2.13. The molecule has 1 N–H and O–H groups in total. The number of hydrogen-bond acceptors (Lipinski definition) is 3. The molecule has 0 radical (unpaired) electrons. The molecule has 0 aliphatic carbocycles. The van der Waals surface area contributed by atoms with E-state index in [2.05, 4.69) is 24.3 Å². The Morgan fingerprint density at radius 3 is 2.54 bits per heavy atom. The minimum absolute atomic E-state index is 0.269. The maximum Gasteiger partial charge on any atom is 0.261 e. The van der Waals surface area contributed by atoms with Crippen molar-refractivity contribution in [1.29, 1.82) is 0 Å². The molecule has 0 bridgehead atoms. The van der Waals surface area contributed by atoms with Gasteiger partial charge in [0.15, 0.2) is 0 Å². The van der Waals surface area contributed by atoms with Crippen molar-refractivity contribution in [3.8, 4) is 11.3 Å². The van der Waals surface area contributed by atoms with Gasteiger partial charge in [-0.1, -0.05) is 60.9 Å². The molecular weight excluding hydrogens is 348 g/mol. The monoisotopic (exact) mass is 368 g/mol. The number of carbonyl (C=O) groups is 1. The second-order valence-corrected chi connectivity index (χ2v) is 6.73. The van der Waals surface area contributed by atoms with E-state index >= 15 is 0 Å². The molecule has 0 unspecified atom stereocenters. The summed E-state index contributed by atoms with van der Waals surface area (Å²) in [5.74, 6) is 0.676. The zero-order chi connectivity index (χ0) is 18.7. The van der Waals surface area contributed by atoms with E-state index in [0.29, 0.717) is 33.5 Å². The number of nitrogens with zero attached hydrogens (tertiary/aromatic N) is 1. The van der Waals surface area contributed by atoms with Crippen LogP contribution in [0.4, 0.5) is 5.69 Å². The van der Waals surface area contributed by atoms with Gasteiger partial charge in [-0.15, -0.1) is 0 Å². The number of halogens is 1. The lowest BCUT2D eigenvalue weighted by Gasteiger charge is -2.11. The first-order chi connectivity index (χ1) is 12.5. The largest absolute Gasteiger partial charge is 0.360 e. The van der Waals surface area contributed by atoms with Gasteiger partial charge in [-0.05, 0) is 43.0 Å². The number of benzene rings is 2. The number of aryl methyl sites for hydroxylation is 1. The molecule has 0 saturated carbocycles. The van der Waals surface area contributed by atoms with Crippen LogP contribution in [0.25, 0.3) is 11.3 Å². The SMILES string of the molecule is CC[C@@H](C)c1ccc(NC(=O)c2c(-c3ccccc3Cl)noc2C)cc1. The van der Waals surface area contributed by atoms with Crippen molar-refractivity contribution in [2.24, 2.45) is 0 Å². The van der Waals surface area contributed by atoms with Crippen LogP contribution in [0.2, 0.25) is 5.02 Å². The first-order valence-corrected chi connectivity index (χ1v) is 9.01. The van der Waals surface area contributed by atoms with Gasteiger partial charge in [0.1, 0.15) is 17.0 Å². The van der Waals surface area contributed by atoms with Gasteiger partial charge in [-0.25, -0.2) is 0 Å². The zero-order valence-electron chi connectivity index (χ0n) is 15.0. The Balaban J connectivity index is 1.87. The van der Waals surface area contributed by atoms with Gasteiger partial charge in [-0.2, -0.15) is 0 Å². The number of aromatic nitrogens is 1. The van der Waals surface area contributed by atoms with Gasteiger partial charge >= 0.3 is 0 Å². The van der Waals surface area contributed by atoms with Crippen LogP contribution in [0.5, 0.6) is 0 Å². The van der Waals surface area contributed by atoms with E-state index in [1.54, 1.807) is 13.0 Å². The predicted molar refractivity (Wildman–Crippen MR) is 105 cm³/mol. The molecule has 0 aliphatic rings. The third kappa shape index (κ3) is 3.65. The highest BCUT2D eigenvalue weighted by Crippen LogP contribution is 2.31. The van der Waals surface area contributed by atoms with Crippen molar-refractivity contribution in [2.75, 3.05) is 5.32 Å². The molecule has 0 fully saturated rings. The molecule has 0 saturated heterocycles. The lowest BCUT2D eigenvalue weighted by atomic mass is 9.98. The van der Waals surface area contributed by atoms with Crippen molar-refractivity contribution in [1.82, 2.24) is 5.16 Å². The first-order valence-electron chi connectivity index (χ1n) is 8.63. The Hall–Kier alpha value is -2.59. The molecule has 1 atom stereocenters. The topological polar surface area (TPSA) is 55.1 Å². The minimum Gasteiger partial charge on any atom is -0.360 e. The summed E-state index contributed by atoms with van der Waals surface area (Å²) in [5.41, 5.74) is 3.49. The van der Waals surface area contributed by atoms with Crippen LogP contribution in [-0.2, 0) is 0 Å². The standard InChI is InChI=1S/C21H21ClN2O2/c1-4-13(2)15-9-11-16(12-10-15)23-21(25)19-14(3)26-24-20(19)17-7-5-6-8-18(17)22/h5-13H,4H2,1-3H3,(H,23,25)/t13-/m1/s1. The highest BCUT2D eigenvalue weighted by Gasteiger charge is 2.23. The quantitative estimate of drug-likeness (QED) is 0.594. The molecule has 1 amide bonds. The highest BCUT2D eigenvalue weighted by atomic mass is 35.5. The molecule has 0 aliphatic heterocycles. The van der Waals surface area contributed by atoms with Crippen molar-refractivity contribution in [3.63, 3.8) is 0 Å². The molecule has 26 heavy (non-hydrogen) atoms. The molecule has 5 heteroatoms. The van der Waals surface area contributed by atoms with E-state index in [-0.39, 0.29) is 5.91 Å². The smallest absolute Gasteiger partial charge is 0.261 e. The Morgan fingerprint density at radius 2 is 1.88 bits per heavy atom. The maximum atomic E-state index is 12.8. The zero-order valence-corrected chi connectivity index (χ0v) is 15.8. The van der Waals surface area contributed by atoms with E-state index in [1.165, 1.54) is 5.56 Å². The van der Waals surface area contributed by atoms with Crippen LogP contribution in [0.15, 0.2) is 53.1 Å². The fourth-order valence-electron chi connectivity index (χ4n) is 2.80. The number of rotatable bonds is 5. The summed E-state index contributed by atoms with van der Waals surface area (Å²) in [7, 11) is 0. The molecule has 3 rings (SSSR count). The van der Waals surface area contributed by atoms with Crippen LogP contribution >= 0.6 is 11.6 Å². The number of hydrogen-bond donors (Lipinski definition) is 1. The van der Waals surface area contributed by atoms with Crippen molar-refractivity contribution in [2.45, 2.75) is 33.1 Å². The predicted octanol–water partition coefficient (Wildman–Crippen LogP) is 6.07. The second-order valence-electron chi connectivity index (χ2n) is 6.33. The summed E-state index contributed by atoms with van der Waals surface area (Å²) in [6.45, 7) is 6.06. The highest BCUT2D eigenvalue weighted by molar-refractivity contribution is 6.33. The Kier molecular flexibility index (Phi) is 5.43. The van der Waals surface area contributed by atoms with Gasteiger partial charge in [0, 0.05) is 11.3 Å². The van der Waals surface area contributed by atoms with Crippen molar-refractivity contribution < 1.29 is 9.32 Å². The van der Waals surface area contributed by atoms with Gasteiger partial charge < -0.3 is 9.84 Å². The third-order valence-corrected chi connectivity index (χ3v) is 4.90. The van der Waals surface area contributed by atoms with E-state index < -0.39 is 0 Å². The fraction of sp³-hybridized carbons (Fsp3) is 0.238. The summed E-state index contributed by atoms with van der Waals surface area (Å²) < 4.78 is 5.26.